The highest BCUT2D eigenvalue weighted by Gasteiger charge is 2.31. The Balaban J connectivity index is 1.51. The largest absolute Gasteiger partial charge is 0.504 e. The van der Waals surface area contributed by atoms with Gasteiger partial charge in [0.1, 0.15) is 17.3 Å². The minimum atomic E-state index is -0.482. The first kappa shape index (κ1) is 18.0. The van der Waals surface area contributed by atoms with Crippen LogP contribution in [-0.2, 0) is 0 Å². The van der Waals surface area contributed by atoms with Gasteiger partial charge in [-0.15, -0.1) is 0 Å². The molecule has 1 N–H and O–H groups in total. The van der Waals surface area contributed by atoms with Crippen molar-refractivity contribution in [2.24, 2.45) is 0 Å². The number of halogens is 1. The fourth-order valence-electron chi connectivity index (χ4n) is 3.52. The van der Waals surface area contributed by atoms with Crippen LogP contribution in [0.3, 0.4) is 0 Å². The van der Waals surface area contributed by atoms with Crippen molar-refractivity contribution < 1.29 is 19.0 Å². The van der Waals surface area contributed by atoms with Crippen LogP contribution in [0.15, 0.2) is 54.7 Å². The van der Waals surface area contributed by atoms with Crippen molar-refractivity contribution in [1.29, 1.82) is 0 Å². The predicted molar refractivity (Wildman–Crippen MR) is 101 cm³/mol. The molecule has 1 aromatic heterocycles. The molecule has 0 spiro atoms. The number of amides is 1. The van der Waals surface area contributed by atoms with Crippen LogP contribution >= 0.6 is 0 Å². The summed E-state index contributed by atoms with van der Waals surface area (Å²) < 4.78 is 20.3. The molecule has 1 atom stereocenters. The van der Waals surface area contributed by atoms with Gasteiger partial charge in [-0.25, -0.2) is 9.07 Å². The van der Waals surface area contributed by atoms with Gasteiger partial charge < -0.3 is 14.7 Å². The van der Waals surface area contributed by atoms with E-state index in [1.807, 2.05) is 24.3 Å². The molecular weight excluding hydrogens is 361 g/mol. The average Bonchev–Trinajstić information content (AvgIpc) is 3.35. The van der Waals surface area contributed by atoms with Gasteiger partial charge in [-0.2, -0.15) is 5.10 Å². The lowest BCUT2D eigenvalue weighted by Crippen LogP contribution is -2.29. The highest BCUT2D eigenvalue weighted by Crippen LogP contribution is 2.30. The first-order chi connectivity index (χ1) is 13.6. The quantitative estimate of drug-likeness (QED) is 0.753. The monoisotopic (exact) mass is 381 g/mol. The van der Waals surface area contributed by atoms with Gasteiger partial charge in [-0.1, -0.05) is 24.3 Å². The van der Waals surface area contributed by atoms with Crippen LogP contribution in [0.25, 0.3) is 5.69 Å². The SMILES string of the molecule is COc1ccc(C2CCN(C(=O)c3nn(-c4ccccc4F)cc3O)C2)cc1. The second-order valence-electron chi connectivity index (χ2n) is 6.77. The third-order valence-electron chi connectivity index (χ3n) is 5.06. The number of hydrogen-bond donors (Lipinski definition) is 1. The number of hydrogen-bond acceptors (Lipinski definition) is 4. The number of ether oxygens (including phenoxy) is 1. The zero-order valence-corrected chi connectivity index (χ0v) is 15.4. The van der Waals surface area contributed by atoms with Gasteiger partial charge in [-0.3, -0.25) is 4.79 Å². The zero-order valence-electron chi connectivity index (χ0n) is 15.4. The lowest BCUT2D eigenvalue weighted by Gasteiger charge is -2.16. The Morgan fingerprint density at radius 2 is 1.96 bits per heavy atom. The summed E-state index contributed by atoms with van der Waals surface area (Å²) >= 11 is 0. The fourth-order valence-corrected chi connectivity index (χ4v) is 3.52. The summed E-state index contributed by atoms with van der Waals surface area (Å²) in [4.78, 5) is 14.5. The zero-order chi connectivity index (χ0) is 19.7. The van der Waals surface area contributed by atoms with Gasteiger partial charge in [0, 0.05) is 19.0 Å². The molecule has 0 bridgehead atoms. The number of para-hydroxylation sites is 1. The summed E-state index contributed by atoms with van der Waals surface area (Å²) in [6.45, 7) is 1.11. The Labute approximate surface area is 161 Å². The van der Waals surface area contributed by atoms with Gasteiger partial charge in [-0.05, 0) is 36.2 Å². The van der Waals surface area contributed by atoms with E-state index in [9.17, 15) is 14.3 Å². The standard InChI is InChI=1S/C21H20FN3O3/c1-28-16-8-6-14(7-9-16)15-10-11-24(12-15)21(27)20-19(26)13-25(23-20)18-5-3-2-4-17(18)22/h2-9,13,15,26H,10-12H2,1H3. The first-order valence-corrected chi connectivity index (χ1v) is 9.03. The van der Waals surface area contributed by atoms with Gasteiger partial charge in [0.25, 0.3) is 5.91 Å². The number of carbonyl (C=O) groups is 1. The number of carbonyl (C=O) groups excluding carboxylic acids is 1. The third kappa shape index (κ3) is 3.31. The van der Waals surface area contributed by atoms with Crippen LogP contribution in [0.4, 0.5) is 4.39 Å². The molecule has 2 aromatic carbocycles. The van der Waals surface area contributed by atoms with Gasteiger partial charge in [0.15, 0.2) is 11.4 Å². The Kier molecular flexibility index (Phi) is 4.73. The van der Waals surface area contributed by atoms with Crippen LogP contribution in [0.5, 0.6) is 11.5 Å². The average molecular weight is 381 g/mol. The summed E-state index contributed by atoms with van der Waals surface area (Å²) in [6.07, 6.45) is 2.08. The third-order valence-corrected chi connectivity index (χ3v) is 5.06. The van der Waals surface area contributed by atoms with E-state index in [1.165, 1.54) is 23.0 Å². The number of nitrogens with zero attached hydrogens (tertiary/aromatic N) is 3. The second-order valence-corrected chi connectivity index (χ2v) is 6.77. The van der Waals surface area contributed by atoms with Gasteiger partial charge in [0.05, 0.1) is 13.3 Å². The lowest BCUT2D eigenvalue weighted by atomic mass is 9.98. The van der Waals surface area contributed by atoms with Gasteiger partial charge in [0.2, 0.25) is 0 Å². The molecular formula is C21H20FN3O3. The second kappa shape index (κ2) is 7.34. The molecule has 4 rings (SSSR count). The maximum absolute atomic E-state index is 14.0. The van der Waals surface area contributed by atoms with E-state index >= 15 is 0 Å². The Morgan fingerprint density at radius 1 is 1.21 bits per heavy atom. The van der Waals surface area contributed by atoms with E-state index < -0.39 is 5.82 Å². The lowest BCUT2D eigenvalue weighted by molar-refractivity contribution is 0.0781. The van der Waals surface area contributed by atoms with Crippen molar-refractivity contribution in [3.8, 4) is 17.2 Å². The summed E-state index contributed by atoms with van der Waals surface area (Å²) in [5.74, 6) is -0.0987. The van der Waals surface area contributed by atoms with E-state index in [4.69, 9.17) is 4.74 Å². The van der Waals surface area contributed by atoms with Crippen LogP contribution < -0.4 is 4.74 Å². The number of likely N-dealkylation sites (tertiary alicyclic amines) is 1. The molecule has 1 fully saturated rings. The minimum absolute atomic E-state index is 0.0707. The van der Waals surface area contributed by atoms with Crippen LogP contribution in [0.2, 0.25) is 0 Å². The molecule has 0 aliphatic carbocycles. The van der Waals surface area contributed by atoms with Crippen molar-refractivity contribution in [3.05, 3.63) is 71.8 Å². The molecule has 1 unspecified atom stereocenters. The topological polar surface area (TPSA) is 67.6 Å². The number of methoxy groups -OCH3 is 1. The molecule has 1 aliphatic heterocycles. The Morgan fingerprint density at radius 3 is 2.68 bits per heavy atom. The molecule has 0 radical (unpaired) electrons. The smallest absolute Gasteiger partial charge is 0.278 e. The van der Waals surface area contributed by atoms with Gasteiger partial charge >= 0.3 is 0 Å². The van der Waals surface area contributed by atoms with Crippen molar-refractivity contribution in [2.45, 2.75) is 12.3 Å². The molecule has 1 saturated heterocycles. The van der Waals surface area contributed by atoms with Crippen molar-refractivity contribution in [1.82, 2.24) is 14.7 Å². The van der Waals surface area contributed by atoms with Crippen LogP contribution in [0.1, 0.15) is 28.4 Å². The number of rotatable bonds is 4. The number of aromatic nitrogens is 2. The first-order valence-electron chi connectivity index (χ1n) is 9.03. The maximum Gasteiger partial charge on any atom is 0.278 e. The normalized spacial score (nSPS) is 16.4. The maximum atomic E-state index is 14.0. The summed E-state index contributed by atoms with van der Waals surface area (Å²) in [7, 11) is 1.62. The van der Waals surface area contributed by atoms with E-state index in [0.29, 0.717) is 13.1 Å². The molecule has 1 amide bonds. The minimum Gasteiger partial charge on any atom is -0.504 e. The Bertz CT molecular complexity index is 1000. The molecule has 2 heterocycles. The van der Waals surface area contributed by atoms with Crippen molar-refractivity contribution >= 4 is 5.91 Å². The summed E-state index contributed by atoms with van der Waals surface area (Å²) in [5, 5.41) is 14.3. The fraction of sp³-hybridized carbons (Fsp3) is 0.238. The number of benzene rings is 2. The molecule has 0 saturated carbocycles. The highest BCUT2D eigenvalue weighted by atomic mass is 19.1. The van der Waals surface area contributed by atoms with Crippen LogP contribution in [-0.4, -0.2) is 45.9 Å². The predicted octanol–water partition coefficient (Wildman–Crippen LogP) is 3.36. The van der Waals surface area contributed by atoms with Crippen LogP contribution in [0, 0.1) is 5.82 Å². The molecule has 6 nitrogen and oxygen atoms in total. The van der Waals surface area contributed by atoms with Crippen molar-refractivity contribution in [2.75, 3.05) is 20.2 Å². The van der Waals surface area contributed by atoms with E-state index in [0.717, 1.165) is 17.7 Å². The Hall–Kier alpha value is -3.35. The van der Waals surface area contributed by atoms with Crippen molar-refractivity contribution in [3.63, 3.8) is 0 Å². The molecule has 144 valence electrons. The van der Waals surface area contributed by atoms with E-state index in [2.05, 4.69) is 5.10 Å². The summed E-state index contributed by atoms with van der Waals surface area (Å²) in [6, 6.07) is 13.9. The molecule has 7 heteroatoms. The highest BCUT2D eigenvalue weighted by molar-refractivity contribution is 5.95. The number of aromatic hydroxyl groups is 1. The molecule has 3 aromatic rings. The summed E-state index contributed by atoms with van der Waals surface area (Å²) in [5.41, 5.74) is 1.24. The molecule has 1 aliphatic rings. The van der Waals surface area contributed by atoms with E-state index in [1.54, 1.807) is 24.1 Å². The molecule has 28 heavy (non-hydrogen) atoms. The van der Waals surface area contributed by atoms with E-state index in [-0.39, 0.29) is 29.0 Å².